The number of thioether (sulfide) groups is 3. The van der Waals surface area contributed by atoms with Crippen LogP contribution in [0, 0.1) is 6.92 Å². The van der Waals surface area contributed by atoms with Gasteiger partial charge in [-0.3, -0.25) is 0 Å². The molecule has 0 amide bonds. The number of aryl methyl sites for hydroxylation is 1. The van der Waals surface area contributed by atoms with Crippen LogP contribution in [0.4, 0.5) is 0 Å². The summed E-state index contributed by atoms with van der Waals surface area (Å²) >= 11 is 6.39. The van der Waals surface area contributed by atoms with Crippen LogP contribution in [0.25, 0.3) is 0 Å². The van der Waals surface area contributed by atoms with Crippen molar-refractivity contribution >= 4 is 35.3 Å². The summed E-state index contributed by atoms with van der Waals surface area (Å²) in [5, 5.41) is 0. The average molecular weight is 482 g/mol. The van der Waals surface area contributed by atoms with Gasteiger partial charge >= 0.3 is 0 Å². The van der Waals surface area contributed by atoms with Crippen molar-refractivity contribution in [3.8, 4) is 0 Å². The monoisotopic (exact) mass is 481 g/mol. The maximum atomic E-state index is 4.07. The van der Waals surface area contributed by atoms with E-state index in [1.807, 2.05) is 0 Å². The van der Waals surface area contributed by atoms with Gasteiger partial charge in [0.1, 0.15) is 0 Å². The lowest BCUT2D eigenvalue weighted by molar-refractivity contribution is 0.705. The fraction of sp³-hybridized carbons (Fsp3) is 0.750. The molecule has 179 valence electrons. The first-order chi connectivity index (χ1) is 15.3. The van der Waals surface area contributed by atoms with Gasteiger partial charge in [0.25, 0.3) is 0 Å². The molecule has 0 aliphatic heterocycles. The second-order valence-corrected chi connectivity index (χ2v) is 12.0. The van der Waals surface area contributed by atoms with E-state index >= 15 is 0 Å². The third-order valence-electron chi connectivity index (χ3n) is 5.55. The molecule has 0 nitrogen and oxygen atoms in total. The first kappa shape index (κ1) is 29.3. The summed E-state index contributed by atoms with van der Waals surface area (Å²) in [5.41, 5.74) is 1.53. The van der Waals surface area contributed by atoms with Crippen molar-refractivity contribution in [1.29, 1.82) is 0 Å². The number of hydrogen-bond acceptors (Lipinski definition) is 3. The van der Waals surface area contributed by atoms with Crippen molar-refractivity contribution in [2.45, 2.75) is 132 Å². The van der Waals surface area contributed by atoms with E-state index in [4.69, 9.17) is 0 Å². The Labute approximate surface area is 208 Å². The van der Waals surface area contributed by atoms with Crippen molar-refractivity contribution in [1.82, 2.24) is 0 Å². The SMILES string of the molecule is [CH2]CCCc1cc(SCCCCCC)c(SCCCCCC)c(SCCCCCC)c1. The van der Waals surface area contributed by atoms with Gasteiger partial charge in [0, 0.05) is 14.7 Å². The van der Waals surface area contributed by atoms with Gasteiger partial charge in [0.05, 0.1) is 0 Å². The van der Waals surface area contributed by atoms with Crippen molar-refractivity contribution in [3.05, 3.63) is 24.6 Å². The van der Waals surface area contributed by atoms with E-state index in [1.54, 1.807) is 14.7 Å². The molecule has 0 fully saturated rings. The Bertz CT molecular complexity index is 506. The Hall–Kier alpha value is 0.270. The fourth-order valence-electron chi connectivity index (χ4n) is 3.59. The zero-order chi connectivity index (χ0) is 22.6. The molecule has 0 N–H and O–H groups in total. The van der Waals surface area contributed by atoms with E-state index in [1.165, 1.54) is 113 Å². The first-order valence-corrected chi connectivity index (χ1v) is 16.1. The van der Waals surface area contributed by atoms with Crippen molar-refractivity contribution in [3.63, 3.8) is 0 Å². The van der Waals surface area contributed by atoms with Gasteiger partial charge in [-0.15, -0.1) is 35.3 Å². The van der Waals surface area contributed by atoms with Gasteiger partial charge in [-0.05, 0) is 67.1 Å². The highest BCUT2D eigenvalue weighted by atomic mass is 32.2. The van der Waals surface area contributed by atoms with Crippen molar-refractivity contribution in [2.75, 3.05) is 17.3 Å². The Morgan fingerprint density at radius 2 is 1.03 bits per heavy atom. The summed E-state index contributed by atoms with van der Waals surface area (Å²) < 4.78 is 0. The molecular formula is C28H49S3. The van der Waals surface area contributed by atoms with Crippen LogP contribution in [0.5, 0.6) is 0 Å². The largest absolute Gasteiger partial charge is 0.125 e. The zero-order valence-electron chi connectivity index (χ0n) is 20.8. The van der Waals surface area contributed by atoms with Crippen LogP contribution in [0.3, 0.4) is 0 Å². The van der Waals surface area contributed by atoms with Gasteiger partial charge in [-0.25, -0.2) is 0 Å². The van der Waals surface area contributed by atoms with Gasteiger partial charge in [0.2, 0.25) is 0 Å². The normalized spacial score (nSPS) is 11.4. The second kappa shape index (κ2) is 20.8. The van der Waals surface area contributed by atoms with Gasteiger partial charge in [-0.2, -0.15) is 0 Å². The molecular weight excluding hydrogens is 433 g/mol. The minimum atomic E-state index is 1.03. The van der Waals surface area contributed by atoms with Crippen LogP contribution in [-0.4, -0.2) is 17.3 Å². The maximum Gasteiger partial charge on any atom is 0.0344 e. The van der Waals surface area contributed by atoms with Crippen LogP contribution in [-0.2, 0) is 6.42 Å². The third-order valence-corrected chi connectivity index (χ3v) is 9.28. The Balaban J connectivity index is 2.91. The zero-order valence-corrected chi connectivity index (χ0v) is 23.3. The first-order valence-electron chi connectivity index (χ1n) is 13.1. The van der Waals surface area contributed by atoms with Gasteiger partial charge in [-0.1, -0.05) is 91.9 Å². The Morgan fingerprint density at radius 3 is 1.45 bits per heavy atom. The van der Waals surface area contributed by atoms with Crippen LogP contribution in [0.15, 0.2) is 26.8 Å². The predicted molar refractivity (Wildman–Crippen MR) is 149 cm³/mol. The summed E-state index contributed by atoms with van der Waals surface area (Å²) in [6, 6.07) is 5.05. The molecule has 31 heavy (non-hydrogen) atoms. The molecule has 1 rings (SSSR count). The number of rotatable bonds is 21. The molecule has 0 unspecified atom stereocenters. The number of unbranched alkanes of at least 4 members (excludes halogenated alkanes) is 10. The molecule has 0 aromatic heterocycles. The molecule has 0 saturated heterocycles. The second-order valence-electron chi connectivity index (χ2n) is 8.61. The molecule has 1 radical (unpaired) electrons. The van der Waals surface area contributed by atoms with Crippen LogP contribution < -0.4 is 0 Å². The molecule has 0 aliphatic rings. The van der Waals surface area contributed by atoms with E-state index in [0.29, 0.717) is 0 Å². The number of hydrogen-bond donors (Lipinski definition) is 0. The van der Waals surface area contributed by atoms with Gasteiger partial charge in [0.15, 0.2) is 0 Å². The summed E-state index contributed by atoms with van der Waals surface area (Å²) in [7, 11) is 0. The highest BCUT2D eigenvalue weighted by Gasteiger charge is 2.13. The van der Waals surface area contributed by atoms with E-state index in [2.05, 4.69) is 75.1 Å². The lowest BCUT2D eigenvalue weighted by Gasteiger charge is -2.17. The Kier molecular flexibility index (Phi) is 19.7. The highest BCUT2D eigenvalue weighted by Crippen LogP contribution is 2.41. The molecule has 3 heteroatoms. The summed E-state index contributed by atoms with van der Waals surface area (Å²) in [6.45, 7) is 11.0. The van der Waals surface area contributed by atoms with Crippen LogP contribution in [0.2, 0.25) is 0 Å². The molecule has 0 spiro atoms. The van der Waals surface area contributed by atoms with Crippen LogP contribution in [0.1, 0.15) is 116 Å². The van der Waals surface area contributed by atoms with E-state index in [-0.39, 0.29) is 0 Å². The van der Waals surface area contributed by atoms with Gasteiger partial charge < -0.3 is 0 Å². The number of benzene rings is 1. The lowest BCUT2D eigenvalue weighted by atomic mass is 10.1. The molecule has 0 bridgehead atoms. The predicted octanol–water partition coefficient (Wildman–Crippen LogP) is 10.9. The average Bonchev–Trinajstić information content (AvgIpc) is 2.78. The minimum Gasteiger partial charge on any atom is -0.125 e. The molecule has 0 heterocycles. The van der Waals surface area contributed by atoms with Crippen molar-refractivity contribution in [2.24, 2.45) is 0 Å². The lowest BCUT2D eigenvalue weighted by Crippen LogP contribution is -1.95. The summed E-state index contributed by atoms with van der Waals surface area (Å²) in [4.78, 5) is 4.72. The summed E-state index contributed by atoms with van der Waals surface area (Å²) in [5.74, 6) is 3.80. The van der Waals surface area contributed by atoms with E-state index in [9.17, 15) is 0 Å². The van der Waals surface area contributed by atoms with E-state index < -0.39 is 0 Å². The molecule has 0 atom stereocenters. The maximum absolute atomic E-state index is 4.07. The van der Waals surface area contributed by atoms with Crippen LogP contribution >= 0.6 is 35.3 Å². The third kappa shape index (κ3) is 14.2. The van der Waals surface area contributed by atoms with E-state index in [0.717, 1.165) is 6.42 Å². The molecule has 1 aromatic rings. The standard InChI is InChI=1S/C28H49S3/c1-5-9-13-16-20-29-26-23-25(19-12-8-4)24-27(30-21-17-14-10-6-2)28(26)31-22-18-15-11-7-3/h23-24H,4-22H2,1-3H3. The summed E-state index contributed by atoms with van der Waals surface area (Å²) in [6.07, 6.45) is 19.7. The quantitative estimate of drug-likeness (QED) is 0.126. The highest BCUT2D eigenvalue weighted by molar-refractivity contribution is 8.03. The van der Waals surface area contributed by atoms with Crippen molar-refractivity contribution < 1.29 is 0 Å². The Morgan fingerprint density at radius 1 is 0.581 bits per heavy atom. The topological polar surface area (TPSA) is 0 Å². The molecule has 0 saturated carbocycles. The fourth-order valence-corrected chi connectivity index (χ4v) is 7.40. The smallest absolute Gasteiger partial charge is 0.0344 e. The molecule has 1 aromatic carbocycles. The minimum absolute atomic E-state index is 1.03. The molecule has 0 aliphatic carbocycles.